The van der Waals surface area contributed by atoms with E-state index in [1.165, 1.54) is 0 Å². The fraction of sp³-hybridized carbons (Fsp3) is 0.571. The Morgan fingerprint density at radius 2 is 1.76 bits per heavy atom. The molecule has 1 unspecified atom stereocenters. The van der Waals surface area contributed by atoms with Gasteiger partial charge in [-0.1, -0.05) is 38.5 Å². The number of ether oxygens (including phenoxy) is 1. The van der Waals surface area contributed by atoms with Gasteiger partial charge in [0.15, 0.2) is 0 Å². The SMILES string of the molecule is CCC(C)[C@@H](N)c1ccccc1OC(C)C.Cl. The summed E-state index contributed by atoms with van der Waals surface area (Å²) >= 11 is 0. The molecule has 0 aromatic heterocycles. The zero-order valence-electron chi connectivity index (χ0n) is 11.1. The number of nitrogens with two attached hydrogens (primary N) is 1. The largest absolute Gasteiger partial charge is 0.491 e. The zero-order chi connectivity index (χ0) is 12.1. The highest BCUT2D eigenvalue weighted by molar-refractivity contribution is 5.85. The van der Waals surface area contributed by atoms with Crippen molar-refractivity contribution in [3.8, 4) is 5.75 Å². The lowest BCUT2D eigenvalue weighted by Gasteiger charge is -2.22. The van der Waals surface area contributed by atoms with Crippen LogP contribution < -0.4 is 10.5 Å². The summed E-state index contributed by atoms with van der Waals surface area (Å²) in [6.45, 7) is 8.41. The Balaban J connectivity index is 0.00000256. The van der Waals surface area contributed by atoms with Gasteiger partial charge in [0.1, 0.15) is 5.75 Å². The lowest BCUT2D eigenvalue weighted by Crippen LogP contribution is -2.20. The highest BCUT2D eigenvalue weighted by Gasteiger charge is 2.17. The first-order valence-corrected chi connectivity index (χ1v) is 6.07. The molecule has 0 amide bonds. The van der Waals surface area contributed by atoms with Crippen LogP contribution >= 0.6 is 12.4 Å². The van der Waals surface area contributed by atoms with Gasteiger partial charge in [-0.3, -0.25) is 0 Å². The van der Waals surface area contributed by atoms with Gasteiger partial charge in [0.2, 0.25) is 0 Å². The number of rotatable bonds is 5. The summed E-state index contributed by atoms with van der Waals surface area (Å²) in [5.74, 6) is 1.39. The Morgan fingerprint density at radius 3 is 2.29 bits per heavy atom. The van der Waals surface area contributed by atoms with Crippen LogP contribution in [0.5, 0.6) is 5.75 Å². The molecule has 0 aliphatic rings. The van der Waals surface area contributed by atoms with E-state index in [2.05, 4.69) is 19.9 Å². The van der Waals surface area contributed by atoms with E-state index in [-0.39, 0.29) is 24.6 Å². The quantitative estimate of drug-likeness (QED) is 0.867. The van der Waals surface area contributed by atoms with Crippen molar-refractivity contribution in [3.05, 3.63) is 29.8 Å². The van der Waals surface area contributed by atoms with Crippen LogP contribution in [0.1, 0.15) is 45.7 Å². The number of halogens is 1. The first-order chi connectivity index (χ1) is 7.56. The number of hydrogen-bond donors (Lipinski definition) is 1. The van der Waals surface area contributed by atoms with E-state index in [4.69, 9.17) is 10.5 Å². The highest BCUT2D eigenvalue weighted by Crippen LogP contribution is 2.30. The van der Waals surface area contributed by atoms with E-state index in [0.717, 1.165) is 17.7 Å². The molecule has 0 fully saturated rings. The summed E-state index contributed by atoms with van der Waals surface area (Å²) in [6, 6.07) is 8.13. The van der Waals surface area contributed by atoms with E-state index < -0.39 is 0 Å². The first-order valence-electron chi connectivity index (χ1n) is 6.07. The maximum absolute atomic E-state index is 6.25. The molecular weight excluding hydrogens is 234 g/mol. The Labute approximate surface area is 111 Å². The van der Waals surface area contributed by atoms with Crippen molar-refractivity contribution >= 4 is 12.4 Å². The molecule has 0 saturated carbocycles. The molecule has 1 aromatic carbocycles. The summed E-state index contributed by atoms with van der Waals surface area (Å²) < 4.78 is 5.78. The number of benzene rings is 1. The normalized spacial score (nSPS) is 14.0. The van der Waals surface area contributed by atoms with Crippen LogP contribution in [-0.2, 0) is 0 Å². The molecule has 2 atom stereocenters. The van der Waals surface area contributed by atoms with Crippen LogP contribution in [0.3, 0.4) is 0 Å². The first kappa shape index (κ1) is 16.3. The number of para-hydroxylation sites is 1. The van der Waals surface area contributed by atoms with Crippen LogP contribution in [0.25, 0.3) is 0 Å². The molecule has 2 N–H and O–H groups in total. The molecule has 0 radical (unpaired) electrons. The molecule has 0 heterocycles. The Hall–Kier alpha value is -0.730. The van der Waals surface area contributed by atoms with Crippen molar-refractivity contribution in [2.24, 2.45) is 11.7 Å². The third kappa shape index (κ3) is 4.57. The highest BCUT2D eigenvalue weighted by atomic mass is 35.5. The summed E-state index contributed by atoms with van der Waals surface area (Å²) in [4.78, 5) is 0. The Morgan fingerprint density at radius 1 is 1.18 bits per heavy atom. The van der Waals surface area contributed by atoms with Gasteiger partial charge in [-0.05, 0) is 25.8 Å². The second-order valence-corrected chi connectivity index (χ2v) is 4.62. The molecule has 17 heavy (non-hydrogen) atoms. The van der Waals surface area contributed by atoms with E-state index in [1.54, 1.807) is 0 Å². The molecule has 0 aliphatic carbocycles. The zero-order valence-corrected chi connectivity index (χ0v) is 12.0. The summed E-state index contributed by atoms with van der Waals surface area (Å²) in [7, 11) is 0. The fourth-order valence-electron chi connectivity index (χ4n) is 1.68. The van der Waals surface area contributed by atoms with E-state index >= 15 is 0 Å². The van der Waals surface area contributed by atoms with Crippen molar-refractivity contribution in [2.45, 2.75) is 46.3 Å². The van der Waals surface area contributed by atoms with E-state index in [1.807, 2.05) is 32.0 Å². The molecule has 1 aromatic rings. The molecule has 3 heteroatoms. The maximum Gasteiger partial charge on any atom is 0.124 e. The van der Waals surface area contributed by atoms with Crippen molar-refractivity contribution in [1.29, 1.82) is 0 Å². The topological polar surface area (TPSA) is 35.2 Å². The minimum absolute atomic E-state index is 0. The molecule has 0 spiro atoms. The van der Waals surface area contributed by atoms with Crippen molar-refractivity contribution in [2.75, 3.05) is 0 Å². The van der Waals surface area contributed by atoms with E-state index in [0.29, 0.717) is 5.92 Å². The minimum atomic E-state index is 0. The van der Waals surface area contributed by atoms with Crippen molar-refractivity contribution in [1.82, 2.24) is 0 Å². The standard InChI is InChI=1S/C14H23NO.ClH/c1-5-11(4)14(15)12-8-6-7-9-13(12)16-10(2)3;/h6-11,14H,5,15H2,1-4H3;1H/t11?,14-;/m1./s1. The number of hydrogen-bond acceptors (Lipinski definition) is 2. The monoisotopic (exact) mass is 257 g/mol. The lowest BCUT2D eigenvalue weighted by atomic mass is 9.93. The Bertz CT molecular complexity index is 328. The summed E-state index contributed by atoms with van der Waals surface area (Å²) in [6.07, 6.45) is 1.27. The second-order valence-electron chi connectivity index (χ2n) is 4.62. The third-order valence-corrected chi connectivity index (χ3v) is 2.90. The molecular formula is C14H24ClNO. The molecule has 1 rings (SSSR count). The molecule has 0 saturated heterocycles. The van der Waals surface area contributed by atoms with Gasteiger partial charge in [-0.2, -0.15) is 0 Å². The van der Waals surface area contributed by atoms with Gasteiger partial charge < -0.3 is 10.5 Å². The molecule has 0 bridgehead atoms. The summed E-state index contributed by atoms with van der Waals surface area (Å²) in [5, 5.41) is 0. The summed E-state index contributed by atoms with van der Waals surface area (Å²) in [5.41, 5.74) is 7.36. The van der Waals surface area contributed by atoms with Crippen LogP contribution in [0.2, 0.25) is 0 Å². The second kappa shape index (κ2) is 7.57. The average Bonchev–Trinajstić information content (AvgIpc) is 2.27. The lowest BCUT2D eigenvalue weighted by molar-refractivity contribution is 0.236. The Kier molecular flexibility index (Phi) is 7.24. The average molecular weight is 258 g/mol. The third-order valence-electron chi connectivity index (χ3n) is 2.90. The van der Waals surface area contributed by atoms with Crippen molar-refractivity contribution < 1.29 is 4.74 Å². The molecule has 0 aliphatic heterocycles. The van der Waals surface area contributed by atoms with Gasteiger partial charge in [-0.15, -0.1) is 12.4 Å². The van der Waals surface area contributed by atoms with Crippen LogP contribution in [0.15, 0.2) is 24.3 Å². The maximum atomic E-state index is 6.25. The van der Waals surface area contributed by atoms with Crippen molar-refractivity contribution in [3.63, 3.8) is 0 Å². The van der Waals surface area contributed by atoms with Crippen LogP contribution in [-0.4, -0.2) is 6.10 Å². The van der Waals surface area contributed by atoms with E-state index in [9.17, 15) is 0 Å². The predicted molar refractivity (Wildman–Crippen MR) is 75.8 cm³/mol. The van der Waals surface area contributed by atoms with Gasteiger partial charge in [0, 0.05) is 11.6 Å². The van der Waals surface area contributed by atoms with Gasteiger partial charge in [0.25, 0.3) is 0 Å². The minimum Gasteiger partial charge on any atom is -0.491 e. The smallest absolute Gasteiger partial charge is 0.124 e. The molecule has 98 valence electrons. The van der Waals surface area contributed by atoms with Crippen LogP contribution in [0, 0.1) is 5.92 Å². The van der Waals surface area contributed by atoms with Gasteiger partial charge >= 0.3 is 0 Å². The fourth-order valence-corrected chi connectivity index (χ4v) is 1.68. The predicted octanol–water partition coefficient (Wildman–Crippen LogP) is 3.94. The van der Waals surface area contributed by atoms with Crippen LogP contribution in [0.4, 0.5) is 0 Å². The van der Waals surface area contributed by atoms with Gasteiger partial charge in [0.05, 0.1) is 6.10 Å². The van der Waals surface area contributed by atoms with Gasteiger partial charge in [-0.25, -0.2) is 0 Å². The molecule has 2 nitrogen and oxygen atoms in total.